The lowest BCUT2D eigenvalue weighted by Crippen LogP contribution is -2.38. The van der Waals surface area contributed by atoms with Crippen molar-refractivity contribution in [3.05, 3.63) is 33.8 Å². The molecule has 2 rings (SSSR count). The molecule has 1 aliphatic rings. The van der Waals surface area contributed by atoms with Gasteiger partial charge in [-0.3, -0.25) is 4.90 Å². The monoisotopic (exact) mass is 270 g/mol. The fourth-order valence-corrected chi connectivity index (χ4v) is 2.33. The van der Waals surface area contributed by atoms with E-state index in [-0.39, 0.29) is 6.04 Å². The van der Waals surface area contributed by atoms with E-state index in [9.17, 15) is 5.26 Å². The third-order valence-corrected chi connectivity index (χ3v) is 3.64. The first kappa shape index (κ1) is 12.7. The van der Waals surface area contributed by atoms with Gasteiger partial charge >= 0.3 is 0 Å². The van der Waals surface area contributed by atoms with Crippen LogP contribution < -0.4 is 0 Å². The van der Waals surface area contributed by atoms with Crippen LogP contribution in [0.3, 0.4) is 0 Å². The number of rotatable bonds is 2. The fourth-order valence-electron chi connectivity index (χ4n) is 1.92. The second-order valence-corrected chi connectivity index (χ2v) is 4.61. The number of hydrogen-bond acceptors (Lipinski definition) is 3. The maximum atomic E-state index is 9.31. The van der Waals surface area contributed by atoms with Crippen LogP contribution in [0.15, 0.2) is 18.2 Å². The molecule has 1 aromatic rings. The normalized spacial score (nSPS) is 18.6. The molecule has 1 aliphatic heterocycles. The summed E-state index contributed by atoms with van der Waals surface area (Å²) >= 11 is 12.1. The SMILES string of the molecule is N#CC(c1cccc(Cl)c1Cl)N1CCOCC1. The van der Waals surface area contributed by atoms with Crippen molar-refractivity contribution >= 4 is 23.2 Å². The third kappa shape index (κ3) is 2.72. The summed E-state index contributed by atoms with van der Waals surface area (Å²) in [7, 11) is 0. The smallest absolute Gasteiger partial charge is 0.125 e. The Bertz CT molecular complexity index is 439. The van der Waals surface area contributed by atoms with Crippen LogP contribution in [-0.2, 0) is 4.74 Å². The van der Waals surface area contributed by atoms with Gasteiger partial charge < -0.3 is 4.74 Å². The minimum atomic E-state index is -0.356. The lowest BCUT2D eigenvalue weighted by molar-refractivity contribution is 0.0266. The Hall–Kier alpha value is -0.790. The van der Waals surface area contributed by atoms with Crippen molar-refractivity contribution < 1.29 is 4.74 Å². The van der Waals surface area contributed by atoms with E-state index in [2.05, 4.69) is 11.0 Å². The van der Waals surface area contributed by atoms with Crippen molar-refractivity contribution in [1.82, 2.24) is 4.90 Å². The molecule has 0 saturated carbocycles. The van der Waals surface area contributed by atoms with E-state index in [1.54, 1.807) is 6.07 Å². The van der Waals surface area contributed by atoms with Crippen LogP contribution in [-0.4, -0.2) is 31.2 Å². The molecule has 0 aromatic heterocycles. The molecular weight excluding hydrogens is 259 g/mol. The summed E-state index contributed by atoms with van der Waals surface area (Å²) in [4.78, 5) is 2.06. The van der Waals surface area contributed by atoms with E-state index in [4.69, 9.17) is 27.9 Å². The largest absolute Gasteiger partial charge is 0.379 e. The maximum absolute atomic E-state index is 9.31. The van der Waals surface area contributed by atoms with Gasteiger partial charge in [0.2, 0.25) is 0 Å². The predicted molar refractivity (Wildman–Crippen MR) is 67.2 cm³/mol. The van der Waals surface area contributed by atoms with Crippen molar-refractivity contribution in [2.45, 2.75) is 6.04 Å². The van der Waals surface area contributed by atoms with E-state index in [1.807, 2.05) is 12.1 Å². The third-order valence-electron chi connectivity index (χ3n) is 2.81. The van der Waals surface area contributed by atoms with E-state index < -0.39 is 0 Å². The van der Waals surface area contributed by atoms with Gasteiger partial charge in [0.25, 0.3) is 0 Å². The quantitative estimate of drug-likeness (QED) is 0.829. The van der Waals surface area contributed by atoms with E-state index in [0.29, 0.717) is 23.3 Å². The molecule has 1 atom stereocenters. The van der Waals surface area contributed by atoms with Crippen LogP contribution in [0.5, 0.6) is 0 Å². The molecule has 0 spiro atoms. The molecule has 1 heterocycles. The Labute approximate surface area is 110 Å². The molecule has 90 valence electrons. The van der Waals surface area contributed by atoms with Gasteiger partial charge in [0.05, 0.1) is 29.3 Å². The molecular formula is C12H12Cl2N2O. The highest BCUT2D eigenvalue weighted by molar-refractivity contribution is 6.42. The van der Waals surface area contributed by atoms with Gasteiger partial charge in [-0.25, -0.2) is 0 Å². The maximum Gasteiger partial charge on any atom is 0.125 e. The number of nitrogens with zero attached hydrogens (tertiary/aromatic N) is 2. The number of ether oxygens (including phenoxy) is 1. The van der Waals surface area contributed by atoms with E-state index in [1.165, 1.54) is 0 Å². The van der Waals surface area contributed by atoms with Gasteiger partial charge in [-0.2, -0.15) is 5.26 Å². The van der Waals surface area contributed by atoms with Crippen molar-refractivity contribution in [2.24, 2.45) is 0 Å². The number of morpholine rings is 1. The van der Waals surface area contributed by atoms with Gasteiger partial charge in [-0.15, -0.1) is 0 Å². The molecule has 3 nitrogen and oxygen atoms in total. The topological polar surface area (TPSA) is 36.3 Å². The van der Waals surface area contributed by atoms with Crippen molar-refractivity contribution in [3.63, 3.8) is 0 Å². The van der Waals surface area contributed by atoms with Crippen molar-refractivity contribution in [3.8, 4) is 6.07 Å². The van der Waals surface area contributed by atoms with Crippen molar-refractivity contribution in [2.75, 3.05) is 26.3 Å². The molecule has 17 heavy (non-hydrogen) atoms. The molecule has 0 aliphatic carbocycles. The number of nitriles is 1. The molecule has 1 unspecified atom stereocenters. The van der Waals surface area contributed by atoms with Gasteiger partial charge in [-0.1, -0.05) is 35.3 Å². The number of hydrogen-bond donors (Lipinski definition) is 0. The van der Waals surface area contributed by atoms with Gasteiger partial charge in [0.1, 0.15) is 6.04 Å². The summed E-state index contributed by atoms with van der Waals surface area (Å²) in [6.45, 7) is 2.77. The van der Waals surface area contributed by atoms with Gasteiger partial charge in [0, 0.05) is 18.7 Å². The highest BCUT2D eigenvalue weighted by Gasteiger charge is 2.24. The molecule has 1 fully saturated rings. The molecule has 0 radical (unpaired) electrons. The van der Waals surface area contributed by atoms with E-state index in [0.717, 1.165) is 18.7 Å². The van der Waals surface area contributed by atoms with Crippen molar-refractivity contribution in [1.29, 1.82) is 5.26 Å². The summed E-state index contributed by atoms with van der Waals surface area (Å²) in [5, 5.41) is 10.3. The minimum absolute atomic E-state index is 0.356. The first-order chi connectivity index (χ1) is 8.24. The highest BCUT2D eigenvalue weighted by atomic mass is 35.5. The number of benzene rings is 1. The first-order valence-corrected chi connectivity index (χ1v) is 6.15. The minimum Gasteiger partial charge on any atom is -0.379 e. The standard InChI is InChI=1S/C12H12Cl2N2O/c13-10-3-1-2-9(12(10)14)11(8-15)16-4-6-17-7-5-16/h1-3,11H,4-7H2. The average molecular weight is 271 g/mol. The highest BCUT2D eigenvalue weighted by Crippen LogP contribution is 2.32. The summed E-state index contributed by atoms with van der Waals surface area (Å²) < 4.78 is 5.27. The lowest BCUT2D eigenvalue weighted by Gasteiger charge is -2.31. The summed E-state index contributed by atoms with van der Waals surface area (Å²) in [5.41, 5.74) is 0.767. The molecule has 0 N–H and O–H groups in total. The lowest BCUT2D eigenvalue weighted by atomic mass is 10.1. The Morgan fingerprint density at radius 2 is 2.00 bits per heavy atom. The second kappa shape index (κ2) is 5.70. The number of halogens is 2. The fraction of sp³-hybridized carbons (Fsp3) is 0.417. The molecule has 0 amide bonds. The van der Waals surface area contributed by atoms with Crippen LogP contribution in [0.2, 0.25) is 10.0 Å². The molecule has 0 bridgehead atoms. The van der Waals surface area contributed by atoms with Crippen LogP contribution in [0.4, 0.5) is 0 Å². The summed E-state index contributed by atoms with van der Waals surface area (Å²) in [6.07, 6.45) is 0. The zero-order chi connectivity index (χ0) is 12.3. The van der Waals surface area contributed by atoms with Crippen LogP contribution in [0, 0.1) is 11.3 Å². The molecule has 1 saturated heterocycles. The second-order valence-electron chi connectivity index (χ2n) is 3.82. The zero-order valence-corrected chi connectivity index (χ0v) is 10.7. The van der Waals surface area contributed by atoms with E-state index >= 15 is 0 Å². The Morgan fingerprint density at radius 3 is 2.65 bits per heavy atom. The van der Waals surface area contributed by atoms with Gasteiger partial charge in [0.15, 0.2) is 0 Å². The van der Waals surface area contributed by atoms with Crippen LogP contribution in [0.25, 0.3) is 0 Å². The molecule has 5 heteroatoms. The first-order valence-electron chi connectivity index (χ1n) is 5.39. The van der Waals surface area contributed by atoms with Gasteiger partial charge in [-0.05, 0) is 6.07 Å². The summed E-state index contributed by atoms with van der Waals surface area (Å²) in [6, 6.07) is 7.31. The van der Waals surface area contributed by atoms with Crippen LogP contribution >= 0.6 is 23.2 Å². The predicted octanol–water partition coefficient (Wildman–Crippen LogP) is 2.89. The zero-order valence-electron chi connectivity index (χ0n) is 9.20. The van der Waals surface area contributed by atoms with Crippen LogP contribution in [0.1, 0.15) is 11.6 Å². The Kier molecular flexibility index (Phi) is 4.25. The Morgan fingerprint density at radius 1 is 1.29 bits per heavy atom. The summed E-state index contributed by atoms with van der Waals surface area (Å²) in [5.74, 6) is 0. The Balaban J connectivity index is 2.29. The molecule has 1 aromatic carbocycles. The average Bonchev–Trinajstić information content (AvgIpc) is 2.37.